The normalized spacial score (nSPS) is 12.9. The van der Waals surface area contributed by atoms with Crippen LogP contribution in [-0.4, -0.2) is 16.1 Å². The molecule has 0 radical (unpaired) electrons. The van der Waals surface area contributed by atoms with E-state index >= 15 is 0 Å². The maximum Gasteiger partial charge on any atom is 0.145 e. The highest BCUT2D eigenvalue weighted by molar-refractivity contribution is 6.25. The van der Waals surface area contributed by atoms with Gasteiger partial charge in [-0.1, -0.05) is 185 Å². The van der Waals surface area contributed by atoms with E-state index in [9.17, 15) is 0 Å². The second-order valence-corrected chi connectivity index (χ2v) is 21.1. The van der Waals surface area contributed by atoms with Crippen LogP contribution in [-0.2, 0) is 5.41 Å². The van der Waals surface area contributed by atoms with Crippen LogP contribution in [0.15, 0.2) is 237 Å². The summed E-state index contributed by atoms with van der Waals surface area (Å²) < 4.78 is 9.51. The molecule has 356 valence electrons. The Labute approximate surface area is 435 Å². The van der Waals surface area contributed by atoms with Crippen molar-refractivity contribution in [2.75, 3.05) is 16.5 Å². The van der Waals surface area contributed by atoms with Gasteiger partial charge in [-0.2, -0.15) is 0 Å². The Balaban J connectivity index is 0.930. The maximum absolute atomic E-state index is 7.14. The van der Waals surface area contributed by atoms with Crippen LogP contribution in [0.5, 0.6) is 11.5 Å². The molecule has 0 fully saturated rings. The number of hydrogen-bond donors (Lipinski definition) is 0. The van der Waals surface area contributed by atoms with E-state index in [0.29, 0.717) is 6.67 Å². The van der Waals surface area contributed by atoms with Gasteiger partial charge in [0.2, 0.25) is 0 Å². The minimum atomic E-state index is -0.0784. The number of nitrogens with zero attached hydrogens (tertiary/aromatic N) is 4. The highest BCUT2D eigenvalue weighted by atomic mass is 16.5. The summed E-state index contributed by atoms with van der Waals surface area (Å²) >= 11 is 0. The number of para-hydroxylation sites is 2. The van der Waals surface area contributed by atoms with Crippen LogP contribution < -0.4 is 14.5 Å². The van der Waals surface area contributed by atoms with Crippen molar-refractivity contribution in [1.29, 1.82) is 0 Å². The molecule has 13 aromatic rings. The van der Waals surface area contributed by atoms with Gasteiger partial charge in [0.05, 0.1) is 33.8 Å². The van der Waals surface area contributed by atoms with Crippen LogP contribution in [0, 0.1) is 0 Å². The zero-order valence-electron chi connectivity index (χ0n) is 41.9. The average Bonchev–Trinajstić information content (AvgIpc) is 4.01. The molecule has 3 aromatic heterocycles. The summed E-state index contributed by atoms with van der Waals surface area (Å²) in [5.41, 5.74) is 18.5. The van der Waals surface area contributed by atoms with Crippen LogP contribution in [0.2, 0.25) is 0 Å². The second-order valence-electron chi connectivity index (χ2n) is 21.1. The lowest BCUT2D eigenvalue weighted by atomic mass is 9.82. The average molecular weight is 963 g/mol. The molecule has 75 heavy (non-hydrogen) atoms. The molecule has 5 nitrogen and oxygen atoms in total. The van der Waals surface area contributed by atoms with Gasteiger partial charge in [0.1, 0.15) is 23.8 Å². The number of fused-ring (bicyclic) bond motifs is 15. The van der Waals surface area contributed by atoms with Crippen LogP contribution in [0.25, 0.3) is 104 Å². The van der Waals surface area contributed by atoms with Crippen molar-refractivity contribution in [3.8, 4) is 56.0 Å². The summed E-state index contributed by atoms with van der Waals surface area (Å²) in [5.74, 6) is 1.51. The Hall–Kier alpha value is -9.45. The van der Waals surface area contributed by atoms with Crippen molar-refractivity contribution in [2.24, 2.45) is 0 Å². The van der Waals surface area contributed by atoms with Crippen molar-refractivity contribution >= 4 is 82.5 Å². The molecule has 15 rings (SSSR count). The second kappa shape index (κ2) is 16.5. The first kappa shape index (κ1) is 43.2. The van der Waals surface area contributed by atoms with Crippen molar-refractivity contribution in [3.63, 3.8) is 0 Å². The van der Waals surface area contributed by atoms with E-state index in [2.05, 4.69) is 259 Å². The van der Waals surface area contributed by atoms with Gasteiger partial charge in [0, 0.05) is 62.1 Å². The third-order valence-corrected chi connectivity index (χ3v) is 15.8. The first-order valence-corrected chi connectivity index (χ1v) is 26.0. The lowest BCUT2D eigenvalue weighted by molar-refractivity contribution is 0.483. The fourth-order valence-electron chi connectivity index (χ4n) is 12.3. The van der Waals surface area contributed by atoms with Gasteiger partial charge in [0.15, 0.2) is 0 Å². The van der Waals surface area contributed by atoms with E-state index in [1.165, 1.54) is 83.1 Å². The van der Waals surface area contributed by atoms with Crippen LogP contribution >= 0.6 is 0 Å². The van der Waals surface area contributed by atoms with Crippen LogP contribution in [0.3, 0.4) is 0 Å². The first-order chi connectivity index (χ1) is 36.9. The molecule has 0 saturated heterocycles. The van der Waals surface area contributed by atoms with Gasteiger partial charge in [-0.15, -0.1) is 0 Å². The molecule has 2 aliphatic rings. The molecule has 0 spiro atoms. The predicted molar refractivity (Wildman–Crippen MR) is 314 cm³/mol. The molecular formula is C70H50N4O. The fourth-order valence-corrected chi connectivity index (χ4v) is 12.3. The molecule has 5 heteroatoms. The Kier molecular flexibility index (Phi) is 9.52. The summed E-state index contributed by atoms with van der Waals surface area (Å²) in [6.45, 7) is 7.54. The minimum absolute atomic E-state index is 0.0784. The number of benzene rings is 10. The molecule has 0 aliphatic carbocycles. The SMILES string of the molecule is CC(C)(C)c1cc(-c2ccccc2)c(N2CN3c4cc(Oc5ccc6c7cccc8c9ccccc9c9ccccc9c9cccnc9n(c6c5)c87)ccc4-c4ccccc4-c4cccc2c43)c(-c2ccccc2)c1. The molecule has 0 atom stereocenters. The van der Waals surface area contributed by atoms with E-state index in [1.807, 2.05) is 12.3 Å². The molecule has 0 amide bonds. The van der Waals surface area contributed by atoms with E-state index in [-0.39, 0.29) is 5.41 Å². The molecule has 2 aliphatic heterocycles. The molecule has 0 bridgehead atoms. The van der Waals surface area contributed by atoms with Gasteiger partial charge < -0.3 is 14.5 Å². The van der Waals surface area contributed by atoms with Gasteiger partial charge in [-0.3, -0.25) is 4.40 Å². The number of anilines is 4. The molecule has 0 unspecified atom stereocenters. The maximum atomic E-state index is 7.14. The zero-order valence-corrected chi connectivity index (χ0v) is 41.9. The molecule has 0 saturated carbocycles. The van der Waals surface area contributed by atoms with E-state index in [4.69, 9.17) is 9.72 Å². The predicted octanol–water partition coefficient (Wildman–Crippen LogP) is 19.0. The molecule has 5 heterocycles. The van der Waals surface area contributed by atoms with E-state index in [0.717, 1.165) is 61.0 Å². The number of ether oxygens (including phenoxy) is 1. The fraction of sp³-hybridized carbons (Fsp3) is 0.0714. The third kappa shape index (κ3) is 6.67. The monoisotopic (exact) mass is 962 g/mol. The summed E-state index contributed by atoms with van der Waals surface area (Å²) in [6, 6.07) is 84.1. The number of hydrogen-bond acceptors (Lipinski definition) is 4. The van der Waals surface area contributed by atoms with E-state index in [1.54, 1.807) is 0 Å². The van der Waals surface area contributed by atoms with E-state index < -0.39 is 0 Å². The lowest BCUT2D eigenvalue weighted by Gasteiger charge is -2.30. The minimum Gasteiger partial charge on any atom is -0.457 e. The number of pyridine rings is 1. The number of rotatable bonds is 5. The van der Waals surface area contributed by atoms with Crippen LogP contribution in [0.1, 0.15) is 26.3 Å². The highest BCUT2D eigenvalue weighted by Gasteiger charge is 2.37. The molecular weight excluding hydrogens is 913 g/mol. The quantitative estimate of drug-likeness (QED) is 0.172. The van der Waals surface area contributed by atoms with Gasteiger partial charge in [-0.05, 0) is 109 Å². The van der Waals surface area contributed by atoms with Crippen molar-refractivity contribution in [1.82, 2.24) is 9.38 Å². The lowest BCUT2D eigenvalue weighted by Crippen LogP contribution is -2.25. The topological polar surface area (TPSA) is 33.0 Å². The summed E-state index contributed by atoms with van der Waals surface area (Å²) in [5, 5.41) is 9.27. The van der Waals surface area contributed by atoms with Crippen molar-refractivity contribution in [3.05, 3.63) is 242 Å². The molecule has 10 aromatic carbocycles. The van der Waals surface area contributed by atoms with Gasteiger partial charge in [0.25, 0.3) is 0 Å². The number of aromatic nitrogens is 2. The Bertz CT molecular complexity index is 4470. The molecule has 0 N–H and O–H groups in total. The van der Waals surface area contributed by atoms with Crippen molar-refractivity contribution < 1.29 is 4.74 Å². The zero-order chi connectivity index (χ0) is 49.9. The smallest absolute Gasteiger partial charge is 0.145 e. The Morgan fingerprint density at radius 3 is 1.59 bits per heavy atom. The van der Waals surface area contributed by atoms with Crippen LogP contribution in [0.4, 0.5) is 22.7 Å². The standard InChI is InChI=1S/C70H50N4O/c1-70(2,3)46-39-61(44-19-6-4-7-20-44)66(62(40-46)45-21-8-5-9-22-45)72-43-73-64-41-47(34-36-55(64)51-25-12-14-27-53(51)58-31-17-33-63(72)68(58)73)75-48-35-37-56-59-30-16-29-57-52-26-13-10-23-49(52)50-24-11-15-28-54(50)60-32-18-38-71-69(60)74(67(57)59)65(56)42-48/h4-42H,43H2,1-3H3. The Morgan fingerprint density at radius 1 is 0.387 bits per heavy atom. The Morgan fingerprint density at radius 2 is 0.907 bits per heavy atom. The van der Waals surface area contributed by atoms with Gasteiger partial charge >= 0.3 is 0 Å². The summed E-state index contributed by atoms with van der Waals surface area (Å²) in [4.78, 5) is 10.3. The van der Waals surface area contributed by atoms with Gasteiger partial charge in [-0.25, -0.2) is 4.98 Å². The highest BCUT2D eigenvalue weighted by Crippen LogP contribution is 2.58. The summed E-state index contributed by atoms with van der Waals surface area (Å²) in [7, 11) is 0. The van der Waals surface area contributed by atoms with Crippen molar-refractivity contribution in [2.45, 2.75) is 26.2 Å². The third-order valence-electron chi connectivity index (χ3n) is 15.8. The summed E-state index contributed by atoms with van der Waals surface area (Å²) in [6.07, 6.45) is 1.91. The first-order valence-electron chi connectivity index (χ1n) is 26.0. The largest absolute Gasteiger partial charge is 0.457 e.